The molecule has 2 rings (SSSR count). The summed E-state index contributed by atoms with van der Waals surface area (Å²) in [5.41, 5.74) is 0. The van der Waals surface area contributed by atoms with E-state index in [1.807, 2.05) is 0 Å². The quantitative estimate of drug-likeness (QED) is 0.857. The van der Waals surface area contributed by atoms with E-state index in [9.17, 15) is 4.79 Å². The van der Waals surface area contributed by atoms with Crippen LogP contribution in [0.25, 0.3) is 0 Å². The number of aromatic nitrogens is 3. The molecule has 2 aromatic heterocycles. The second-order valence-electron chi connectivity index (χ2n) is 3.82. The summed E-state index contributed by atoms with van der Waals surface area (Å²) >= 11 is 0. The van der Waals surface area contributed by atoms with E-state index in [4.69, 9.17) is 9.05 Å². The molecule has 0 saturated heterocycles. The van der Waals surface area contributed by atoms with Crippen molar-refractivity contribution < 1.29 is 13.8 Å². The number of carbonyl (C=O) groups excluding carboxylic acids is 1. The minimum Gasteiger partial charge on any atom is -0.360 e. The summed E-state index contributed by atoms with van der Waals surface area (Å²) < 4.78 is 9.77. The van der Waals surface area contributed by atoms with E-state index in [1.54, 1.807) is 26.8 Å². The summed E-state index contributed by atoms with van der Waals surface area (Å²) in [5.74, 6) is 1.83. The molecule has 0 bridgehead atoms. The highest BCUT2D eigenvalue weighted by Crippen LogP contribution is 2.10. The highest BCUT2D eigenvalue weighted by atomic mass is 16.5. The van der Waals surface area contributed by atoms with Crippen molar-refractivity contribution in [3.8, 4) is 0 Å². The highest BCUT2D eigenvalue weighted by Gasteiger charge is 2.16. The third-order valence-corrected chi connectivity index (χ3v) is 2.13. The number of hydrogen-bond donors (Lipinski definition) is 2. The van der Waals surface area contributed by atoms with Crippen LogP contribution in [0.15, 0.2) is 15.1 Å². The lowest BCUT2D eigenvalue weighted by Crippen LogP contribution is -2.31. The predicted molar refractivity (Wildman–Crippen MR) is 60.8 cm³/mol. The van der Waals surface area contributed by atoms with Crippen molar-refractivity contribution in [1.82, 2.24) is 20.6 Å². The summed E-state index contributed by atoms with van der Waals surface area (Å²) in [4.78, 5) is 15.6. The molecule has 2 heterocycles. The zero-order chi connectivity index (χ0) is 13.1. The number of urea groups is 1. The molecule has 2 amide bonds. The highest BCUT2D eigenvalue weighted by molar-refractivity contribution is 5.88. The third kappa shape index (κ3) is 2.84. The number of nitrogens with one attached hydrogen (secondary N) is 2. The molecule has 8 heteroatoms. The Morgan fingerprint density at radius 2 is 2.11 bits per heavy atom. The fourth-order valence-electron chi connectivity index (χ4n) is 1.33. The van der Waals surface area contributed by atoms with Gasteiger partial charge in [0.1, 0.15) is 11.8 Å². The largest absolute Gasteiger partial charge is 0.360 e. The smallest absolute Gasteiger partial charge is 0.321 e. The minimum absolute atomic E-state index is 0.346. The van der Waals surface area contributed by atoms with Crippen LogP contribution in [0.1, 0.15) is 30.4 Å². The van der Waals surface area contributed by atoms with Crippen molar-refractivity contribution in [3.05, 3.63) is 23.5 Å². The van der Waals surface area contributed by atoms with E-state index < -0.39 is 6.03 Å². The van der Waals surface area contributed by atoms with Gasteiger partial charge in [0.05, 0.1) is 0 Å². The Bertz CT molecular complexity index is 547. The molecule has 96 valence electrons. The summed E-state index contributed by atoms with van der Waals surface area (Å²) in [5, 5.41) is 12.5. The van der Waals surface area contributed by atoms with E-state index in [1.165, 1.54) is 0 Å². The Hall–Kier alpha value is -2.38. The van der Waals surface area contributed by atoms with Crippen molar-refractivity contribution in [3.63, 3.8) is 0 Å². The number of nitrogens with zero attached hydrogens (tertiary/aromatic N) is 3. The van der Waals surface area contributed by atoms with Crippen molar-refractivity contribution >= 4 is 11.8 Å². The molecule has 0 saturated carbocycles. The van der Waals surface area contributed by atoms with Gasteiger partial charge in [-0.3, -0.25) is 5.32 Å². The molecule has 1 atom stereocenters. The molecule has 0 aromatic carbocycles. The van der Waals surface area contributed by atoms with Crippen molar-refractivity contribution in [2.75, 3.05) is 5.32 Å². The lowest BCUT2D eigenvalue weighted by Gasteiger charge is -2.09. The predicted octanol–water partition coefficient (Wildman–Crippen LogP) is 1.56. The van der Waals surface area contributed by atoms with Crippen molar-refractivity contribution in [1.29, 1.82) is 0 Å². The Kier molecular flexibility index (Phi) is 3.26. The van der Waals surface area contributed by atoms with Crippen LogP contribution in [0.4, 0.5) is 10.6 Å². The van der Waals surface area contributed by atoms with E-state index in [0.29, 0.717) is 23.3 Å². The van der Waals surface area contributed by atoms with Crippen LogP contribution < -0.4 is 10.6 Å². The van der Waals surface area contributed by atoms with Gasteiger partial charge < -0.3 is 14.4 Å². The standard InChI is InChI=1S/C10H13N5O3/c1-5-4-8(15-17-5)13-10(16)11-6(2)9-12-7(3)14-18-9/h4,6H,1-3H3,(H2,11,13,15,16)/t6-/m1/s1. The van der Waals surface area contributed by atoms with Gasteiger partial charge in [-0.25, -0.2) is 4.79 Å². The van der Waals surface area contributed by atoms with E-state index in [-0.39, 0.29) is 6.04 Å². The summed E-state index contributed by atoms with van der Waals surface area (Å²) in [7, 11) is 0. The molecular weight excluding hydrogens is 238 g/mol. The number of aryl methyl sites for hydroxylation is 2. The van der Waals surface area contributed by atoms with Gasteiger partial charge >= 0.3 is 6.03 Å². The monoisotopic (exact) mass is 251 g/mol. The van der Waals surface area contributed by atoms with Gasteiger partial charge in [0, 0.05) is 6.07 Å². The SMILES string of the molecule is Cc1noc([C@@H](C)NC(=O)Nc2cc(C)on2)n1. The zero-order valence-corrected chi connectivity index (χ0v) is 10.2. The normalized spacial score (nSPS) is 12.2. The zero-order valence-electron chi connectivity index (χ0n) is 10.2. The van der Waals surface area contributed by atoms with Crippen molar-refractivity contribution in [2.45, 2.75) is 26.8 Å². The first kappa shape index (κ1) is 12.1. The second kappa shape index (κ2) is 4.86. The van der Waals surface area contributed by atoms with Crippen LogP contribution in [0, 0.1) is 13.8 Å². The molecule has 8 nitrogen and oxygen atoms in total. The van der Waals surface area contributed by atoms with E-state index in [2.05, 4.69) is 25.9 Å². The third-order valence-electron chi connectivity index (χ3n) is 2.13. The lowest BCUT2D eigenvalue weighted by molar-refractivity contribution is 0.245. The Labute approximate surface area is 103 Å². The van der Waals surface area contributed by atoms with Gasteiger partial charge in [0.15, 0.2) is 11.6 Å². The maximum atomic E-state index is 11.6. The van der Waals surface area contributed by atoms with Gasteiger partial charge in [0.2, 0.25) is 5.89 Å². The number of rotatable bonds is 3. The van der Waals surface area contributed by atoms with Crippen LogP contribution >= 0.6 is 0 Å². The molecule has 0 radical (unpaired) electrons. The molecule has 0 unspecified atom stereocenters. The van der Waals surface area contributed by atoms with Crippen LogP contribution in [-0.2, 0) is 0 Å². The molecule has 2 N–H and O–H groups in total. The summed E-state index contributed by atoms with van der Waals surface area (Å²) in [6, 6.07) is 0.798. The molecule has 0 spiro atoms. The topological polar surface area (TPSA) is 106 Å². The van der Waals surface area contributed by atoms with Crippen LogP contribution in [-0.4, -0.2) is 21.3 Å². The lowest BCUT2D eigenvalue weighted by atomic mass is 10.3. The summed E-state index contributed by atoms with van der Waals surface area (Å²) in [6.45, 7) is 5.18. The van der Waals surface area contributed by atoms with Gasteiger partial charge in [-0.1, -0.05) is 10.3 Å². The van der Waals surface area contributed by atoms with Gasteiger partial charge in [-0.2, -0.15) is 4.98 Å². The molecule has 0 fully saturated rings. The molecule has 2 aromatic rings. The first-order chi connectivity index (χ1) is 8.54. The first-order valence-electron chi connectivity index (χ1n) is 5.35. The molecule has 18 heavy (non-hydrogen) atoms. The van der Waals surface area contributed by atoms with Gasteiger partial charge in [-0.15, -0.1) is 0 Å². The number of amides is 2. The number of carbonyl (C=O) groups is 1. The first-order valence-corrected chi connectivity index (χ1v) is 5.35. The van der Waals surface area contributed by atoms with Crippen LogP contribution in [0.3, 0.4) is 0 Å². The molecule has 0 aliphatic rings. The Morgan fingerprint density at radius 3 is 2.67 bits per heavy atom. The fraction of sp³-hybridized carbons (Fsp3) is 0.400. The van der Waals surface area contributed by atoms with Crippen molar-refractivity contribution in [2.24, 2.45) is 0 Å². The van der Waals surface area contributed by atoms with E-state index in [0.717, 1.165) is 0 Å². The Morgan fingerprint density at radius 1 is 1.33 bits per heavy atom. The second-order valence-corrected chi connectivity index (χ2v) is 3.82. The van der Waals surface area contributed by atoms with Crippen LogP contribution in [0.5, 0.6) is 0 Å². The molecule has 0 aliphatic carbocycles. The van der Waals surface area contributed by atoms with Gasteiger partial charge in [0.25, 0.3) is 0 Å². The summed E-state index contributed by atoms with van der Waals surface area (Å²) in [6.07, 6.45) is 0. The van der Waals surface area contributed by atoms with Crippen LogP contribution in [0.2, 0.25) is 0 Å². The molecule has 0 aliphatic heterocycles. The average molecular weight is 251 g/mol. The molecular formula is C10H13N5O3. The minimum atomic E-state index is -0.424. The number of anilines is 1. The van der Waals surface area contributed by atoms with Gasteiger partial charge in [-0.05, 0) is 20.8 Å². The maximum absolute atomic E-state index is 11.6. The fourth-order valence-corrected chi connectivity index (χ4v) is 1.33. The maximum Gasteiger partial charge on any atom is 0.321 e. The number of hydrogen-bond acceptors (Lipinski definition) is 6. The Balaban J connectivity index is 1.91. The average Bonchev–Trinajstić information content (AvgIpc) is 2.87. The van der Waals surface area contributed by atoms with E-state index >= 15 is 0 Å².